The molecule has 0 saturated heterocycles. The van der Waals surface area contributed by atoms with Gasteiger partial charge >= 0.3 is 0 Å². The summed E-state index contributed by atoms with van der Waals surface area (Å²) < 4.78 is 4.94. The van der Waals surface area contributed by atoms with Gasteiger partial charge in [-0.3, -0.25) is 0 Å². The van der Waals surface area contributed by atoms with Crippen LogP contribution in [0.2, 0.25) is 0 Å². The Hall–Kier alpha value is -0.800. The van der Waals surface area contributed by atoms with Crippen LogP contribution in [0.25, 0.3) is 0 Å². The van der Waals surface area contributed by atoms with Gasteiger partial charge in [0.15, 0.2) is 0 Å². The summed E-state index contributed by atoms with van der Waals surface area (Å²) >= 11 is 0. The lowest BCUT2D eigenvalue weighted by Gasteiger charge is -2.38. The third-order valence-corrected chi connectivity index (χ3v) is 2.53. The number of hydrogen-bond donors (Lipinski definition) is 2. The molecule has 0 saturated carbocycles. The fourth-order valence-corrected chi connectivity index (χ4v) is 1.36. The molecule has 3 N–H and O–H groups in total. The van der Waals surface area contributed by atoms with E-state index in [0.29, 0.717) is 0 Å². The van der Waals surface area contributed by atoms with Gasteiger partial charge in [0.1, 0.15) is 5.60 Å². The van der Waals surface area contributed by atoms with Crippen molar-refractivity contribution in [3.8, 4) is 0 Å². The molecule has 0 aromatic carbocycles. The van der Waals surface area contributed by atoms with Crippen molar-refractivity contribution < 1.29 is 9.52 Å². The third kappa shape index (κ3) is 1.62. The molecule has 3 nitrogen and oxygen atoms in total. The number of aliphatic hydroxyl groups is 1. The molecule has 0 bridgehead atoms. The van der Waals surface area contributed by atoms with Crippen LogP contribution in [0.4, 0.5) is 0 Å². The van der Waals surface area contributed by atoms with Gasteiger partial charge in [0.25, 0.3) is 0 Å². The van der Waals surface area contributed by atoms with Crippen LogP contribution in [0.1, 0.15) is 26.3 Å². The monoisotopic (exact) mass is 183 g/mol. The zero-order chi connectivity index (χ0) is 10.1. The van der Waals surface area contributed by atoms with E-state index in [1.54, 1.807) is 12.3 Å². The molecule has 1 unspecified atom stereocenters. The minimum Gasteiger partial charge on any atom is -0.472 e. The van der Waals surface area contributed by atoms with Crippen molar-refractivity contribution in [1.82, 2.24) is 0 Å². The zero-order valence-corrected chi connectivity index (χ0v) is 8.37. The highest BCUT2D eigenvalue weighted by atomic mass is 16.3. The van der Waals surface area contributed by atoms with Crippen LogP contribution in [0.15, 0.2) is 23.0 Å². The van der Waals surface area contributed by atoms with Gasteiger partial charge < -0.3 is 15.3 Å². The van der Waals surface area contributed by atoms with Crippen LogP contribution in [-0.4, -0.2) is 11.7 Å². The molecule has 0 aliphatic carbocycles. The Labute approximate surface area is 78.5 Å². The van der Waals surface area contributed by atoms with Crippen molar-refractivity contribution in [3.05, 3.63) is 24.2 Å². The first-order chi connectivity index (χ1) is 5.92. The van der Waals surface area contributed by atoms with Crippen molar-refractivity contribution in [2.45, 2.75) is 26.4 Å². The highest BCUT2D eigenvalue weighted by Crippen LogP contribution is 2.38. The molecule has 0 aliphatic heterocycles. The lowest BCUT2D eigenvalue weighted by Crippen LogP contribution is -2.46. The van der Waals surface area contributed by atoms with Crippen molar-refractivity contribution in [2.24, 2.45) is 11.1 Å². The minimum absolute atomic E-state index is 0.191. The standard InChI is InChI=1S/C10H17NO2/c1-9(2,3)10(12,7-11)8-4-5-13-6-8/h4-6,12H,7,11H2,1-3H3. The summed E-state index contributed by atoms with van der Waals surface area (Å²) in [6, 6.07) is 1.75. The first-order valence-corrected chi connectivity index (χ1v) is 4.37. The first-order valence-electron chi connectivity index (χ1n) is 4.37. The normalized spacial score (nSPS) is 17.0. The Kier molecular flexibility index (Phi) is 2.50. The molecule has 0 spiro atoms. The Morgan fingerprint density at radius 1 is 1.46 bits per heavy atom. The second-order valence-electron chi connectivity index (χ2n) is 4.33. The Morgan fingerprint density at radius 2 is 2.08 bits per heavy atom. The highest BCUT2D eigenvalue weighted by molar-refractivity contribution is 5.20. The summed E-state index contributed by atoms with van der Waals surface area (Å²) in [5.41, 5.74) is 5.02. The SMILES string of the molecule is CC(C)(C)C(O)(CN)c1ccoc1. The van der Waals surface area contributed by atoms with E-state index in [-0.39, 0.29) is 12.0 Å². The highest BCUT2D eigenvalue weighted by Gasteiger charge is 2.41. The molecular weight excluding hydrogens is 166 g/mol. The van der Waals surface area contributed by atoms with E-state index >= 15 is 0 Å². The molecule has 13 heavy (non-hydrogen) atoms. The van der Waals surface area contributed by atoms with Crippen LogP contribution < -0.4 is 5.73 Å². The van der Waals surface area contributed by atoms with E-state index in [2.05, 4.69) is 0 Å². The molecule has 3 heteroatoms. The fourth-order valence-electron chi connectivity index (χ4n) is 1.36. The van der Waals surface area contributed by atoms with Crippen LogP contribution in [-0.2, 0) is 5.60 Å². The van der Waals surface area contributed by atoms with Gasteiger partial charge in [0, 0.05) is 12.1 Å². The number of rotatable bonds is 2. The molecule has 1 aromatic rings. The molecule has 0 fully saturated rings. The van der Waals surface area contributed by atoms with Gasteiger partial charge in [-0.2, -0.15) is 0 Å². The predicted molar refractivity (Wildman–Crippen MR) is 51.1 cm³/mol. The zero-order valence-electron chi connectivity index (χ0n) is 8.37. The van der Waals surface area contributed by atoms with E-state index in [1.807, 2.05) is 20.8 Å². The predicted octanol–water partition coefficient (Wildman–Crippen LogP) is 1.47. The second kappa shape index (κ2) is 3.16. The van der Waals surface area contributed by atoms with E-state index in [0.717, 1.165) is 5.56 Å². The van der Waals surface area contributed by atoms with Crippen LogP contribution >= 0.6 is 0 Å². The summed E-state index contributed by atoms with van der Waals surface area (Å²) in [4.78, 5) is 0. The smallest absolute Gasteiger partial charge is 0.110 e. The number of furan rings is 1. The quantitative estimate of drug-likeness (QED) is 0.730. The molecule has 1 aromatic heterocycles. The molecule has 1 rings (SSSR count). The number of nitrogens with two attached hydrogens (primary N) is 1. The van der Waals surface area contributed by atoms with Crippen LogP contribution in [0.3, 0.4) is 0 Å². The Bertz CT molecular complexity index is 261. The maximum absolute atomic E-state index is 10.3. The van der Waals surface area contributed by atoms with E-state index in [1.165, 1.54) is 6.26 Å². The third-order valence-electron chi connectivity index (χ3n) is 2.53. The molecule has 0 radical (unpaired) electrons. The Balaban J connectivity index is 3.09. The second-order valence-corrected chi connectivity index (χ2v) is 4.33. The van der Waals surface area contributed by atoms with Crippen LogP contribution in [0, 0.1) is 5.41 Å². The maximum Gasteiger partial charge on any atom is 0.110 e. The lowest BCUT2D eigenvalue weighted by molar-refractivity contribution is -0.0561. The molecule has 1 heterocycles. The summed E-state index contributed by atoms with van der Waals surface area (Å²) in [6.07, 6.45) is 3.08. The van der Waals surface area contributed by atoms with Crippen molar-refractivity contribution in [3.63, 3.8) is 0 Å². The lowest BCUT2D eigenvalue weighted by atomic mass is 9.73. The van der Waals surface area contributed by atoms with Gasteiger partial charge in [-0.1, -0.05) is 20.8 Å². The fraction of sp³-hybridized carbons (Fsp3) is 0.600. The molecular formula is C10H17NO2. The first kappa shape index (κ1) is 10.3. The maximum atomic E-state index is 10.3. The van der Waals surface area contributed by atoms with Gasteiger partial charge in [0.05, 0.1) is 12.5 Å². The summed E-state index contributed by atoms with van der Waals surface area (Å²) in [6.45, 7) is 6.04. The summed E-state index contributed by atoms with van der Waals surface area (Å²) in [5.74, 6) is 0. The van der Waals surface area contributed by atoms with E-state index in [4.69, 9.17) is 10.2 Å². The minimum atomic E-state index is -1.01. The van der Waals surface area contributed by atoms with Gasteiger partial charge in [-0.05, 0) is 11.5 Å². The average molecular weight is 183 g/mol. The average Bonchev–Trinajstić information content (AvgIpc) is 2.52. The Morgan fingerprint density at radius 3 is 2.38 bits per heavy atom. The van der Waals surface area contributed by atoms with E-state index in [9.17, 15) is 5.11 Å². The molecule has 0 aliphatic rings. The van der Waals surface area contributed by atoms with Gasteiger partial charge in [-0.15, -0.1) is 0 Å². The van der Waals surface area contributed by atoms with E-state index < -0.39 is 5.60 Å². The van der Waals surface area contributed by atoms with Crippen molar-refractivity contribution in [1.29, 1.82) is 0 Å². The molecule has 0 amide bonds. The van der Waals surface area contributed by atoms with Crippen molar-refractivity contribution in [2.75, 3.05) is 6.54 Å². The van der Waals surface area contributed by atoms with Gasteiger partial charge in [0.2, 0.25) is 0 Å². The topological polar surface area (TPSA) is 59.4 Å². The molecule has 74 valence electrons. The van der Waals surface area contributed by atoms with Crippen molar-refractivity contribution >= 4 is 0 Å². The summed E-state index contributed by atoms with van der Waals surface area (Å²) in [7, 11) is 0. The molecule has 1 atom stereocenters. The largest absolute Gasteiger partial charge is 0.472 e. The number of hydrogen-bond acceptors (Lipinski definition) is 3. The van der Waals surface area contributed by atoms with Crippen LogP contribution in [0.5, 0.6) is 0 Å². The summed E-state index contributed by atoms with van der Waals surface area (Å²) in [5, 5.41) is 10.3. The van der Waals surface area contributed by atoms with Gasteiger partial charge in [-0.25, -0.2) is 0 Å².